The van der Waals surface area contributed by atoms with E-state index < -0.39 is 0 Å². The summed E-state index contributed by atoms with van der Waals surface area (Å²) in [5.41, 5.74) is 6.77. The van der Waals surface area contributed by atoms with Crippen molar-refractivity contribution in [1.29, 1.82) is 0 Å². The van der Waals surface area contributed by atoms with Crippen LogP contribution < -0.4 is 0 Å². The molecule has 4 nitrogen and oxygen atoms in total. The number of hydrogen-bond acceptors (Lipinski definition) is 4. The second kappa shape index (κ2) is 10.2. The van der Waals surface area contributed by atoms with Gasteiger partial charge in [-0.05, 0) is 56.9 Å². The number of fused-ring (bicyclic) bond motifs is 5. The number of rotatable bonds is 4. The van der Waals surface area contributed by atoms with Gasteiger partial charge in [-0.3, -0.25) is 0 Å². The van der Waals surface area contributed by atoms with Gasteiger partial charge >= 0.3 is 0 Å². The third kappa shape index (κ3) is 4.35. The van der Waals surface area contributed by atoms with Crippen LogP contribution in [-0.4, -0.2) is 15.0 Å². The second-order valence-corrected chi connectivity index (χ2v) is 11.3. The van der Waals surface area contributed by atoms with Crippen LogP contribution in [-0.2, 0) is 0 Å². The lowest BCUT2D eigenvalue weighted by atomic mass is 9.96. The van der Waals surface area contributed by atoms with Crippen LogP contribution in [0, 0.1) is 0 Å². The van der Waals surface area contributed by atoms with E-state index >= 15 is 0 Å². The van der Waals surface area contributed by atoms with E-state index in [0.29, 0.717) is 17.5 Å². The standard InChI is InChI=1S/C41H25N3O/c1-2-11-28(12-3-1)39-42-40(44-41(43-39)34-17-9-19-37-38(34)33-15-6-7-18-36(33)45-37)32-16-8-14-27-21-23-31(25-35(27)32)30-22-20-26-10-4-5-13-29(26)24-30/h1-25H. The zero-order valence-electron chi connectivity index (χ0n) is 24.2. The third-order valence-corrected chi connectivity index (χ3v) is 8.52. The normalized spacial score (nSPS) is 11.6. The van der Waals surface area contributed by atoms with E-state index in [1.165, 1.54) is 16.3 Å². The number of benzene rings is 7. The molecule has 0 aliphatic heterocycles. The third-order valence-electron chi connectivity index (χ3n) is 8.52. The molecule has 0 saturated carbocycles. The first kappa shape index (κ1) is 25.4. The largest absolute Gasteiger partial charge is 0.456 e. The summed E-state index contributed by atoms with van der Waals surface area (Å²) in [7, 11) is 0. The van der Waals surface area contributed by atoms with Crippen LogP contribution in [0.4, 0.5) is 0 Å². The Balaban J connectivity index is 1.28. The molecule has 9 aromatic rings. The van der Waals surface area contributed by atoms with Gasteiger partial charge in [0.1, 0.15) is 11.2 Å². The molecule has 2 aromatic heterocycles. The number of aromatic nitrogens is 3. The minimum atomic E-state index is 0.610. The molecule has 0 N–H and O–H groups in total. The predicted octanol–water partition coefficient (Wildman–Crippen LogP) is 10.7. The summed E-state index contributed by atoms with van der Waals surface area (Å²) in [4.78, 5) is 15.3. The molecule has 0 amide bonds. The van der Waals surface area contributed by atoms with Crippen molar-refractivity contribution >= 4 is 43.5 Å². The van der Waals surface area contributed by atoms with Gasteiger partial charge < -0.3 is 4.42 Å². The molecular formula is C41H25N3O. The van der Waals surface area contributed by atoms with E-state index in [2.05, 4.69) is 91.0 Å². The average molecular weight is 576 g/mol. The van der Waals surface area contributed by atoms with Crippen molar-refractivity contribution in [3.8, 4) is 45.3 Å². The number of furan rings is 1. The Bertz CT molecular complexity index is 2550. The molecule has 0 saturated heterocycles. The maximum atomic E-state index is 6.21. The molecule has 210 valence electrons. The highest BCUT2D eigenvalue weighted by molar-refractivity contribution is 6.12. The van der Waals surface area contributed by atoms with Crippen LogP contribution in [0.2, 0.25) is 0 Å². The van der Waals surface area contributed by atoms with Crippen LogP contribution in [0.1, 0.15) is 0 Å². The van der Waals surface area contributed by atoms with Crippen molar-refractivity contribution in [2.45, 2.75) is 0 Å². The summed E-state index contributed by atoms with van der Waals surface area (Å²) in [5, 5.41) is 6.71. The maximum absolute atomic E-state index is 6.21. The fraction of sp³-hybridized carbons (Fsp3) is 0. The number of hydrogen-bond donors (Lipinski definition) is 0. The lowest BCUT2D eigenvalue weighted by Gasteiger charge is -2.12. The summed E-state index contributed by atoms with van der Waals surface area (Å²) in [5.74, 6) is 1.87. The lowest BCUT2D eigenvalue weighted by Crippen LogP contribution is -2.00. The molecule has 0 bridgehead atoms. The molecule has 0 spiro atoms. The van der Waals surface area contributed by atoms with Crippen LogP contribution in [0.5, 0.6) is 0 Å². The second-order valence-electron chi connectivity index (χ2n) is 11.3. The molecule has 4 heteroatoms. The van der Waals surface area contributed by atoms with Crippen molar-refractivity contribution < 1.29 is 4.42 Å². The fourth-order valence-corrected chi connectivity index (χ4v) is 6.31. The first-order valence-electron chi connectivity index (χ1n) is 15.0. The van der Waals surface area contributed by atoms with Crippen molar-refractivity contribution in [1.82, 2.24) is 15.0 Å². The summed E-state index contributed by atoms with van der Waals surface area (Å²) in [6.07, 6.45) is 0. The Kier molecular flexibility index (Phi) is 5.78. The van der Waals surface area contributed by atoms with E-state index in [1.54, 1.807) is 0 Å². The van der Waals surface area contributed by atoms with Crippen LogP contribution in [0.25, 0.3) is 88.8 Å². The monoisotopic (exact) mass is 575 g/mol. The maximum Gasteiger partial charge on any atom is 0.164 e. The summed E-state index contributed by atoms with van der Waals surface area (Å²) in [6.45, 7) is 0. The van der Waals surface area contributed by atoms with E-state index in [9.17, 15) is 0 Å². The van der Waals surface area contributed by atoms with Gasteiger partial charge in [-0.15, -0.1) is 0 Å². The van der Waals surface area contributed by atoms with Crippen molar-refractivity contribution in [2.24, 2.45) is 0 Å². The first-order valence-corrected chi connectivity index (χ1v) is 15.0. The first-order chi connectivity index (χ1) is 22.3. The molecule has 2 heterocycles. The van der Waals surface area contributed by atoms with Gasteiger partial charge in [0, 0.05) is 27.5 Å². The average Bonchev–Trinajstić information content (AvgIpc) is 3.50. The van der Waals surface area contributed by atoms with Crippen molar-refractivity contribution in [3.63, 3.8) is 0 Å². The van der Waals surface area contributed by atoms with Gasteiger partial charge in [-0.1, -0.05) is 127 Å². The lowest BCUT2D eigenvalue weighted by molar-refractivity contribution is 0.669. The molecular weight excluding hydrogens is 550 g/mol. The highest BCUT2D eigenvalue weighted by atomic mass is 16.3. The number of nitrogens with zero attached hydrogens (tertiary/aromatic N) is 3. The molecule has 0 aliphatic carbocycles. The summed E-state index contributed by atoms with van der Waals surface area (Å²) < 4.78 is 6.21. The predicted molar refractivity (Wildman–Crippen MR) is 184 cm³/mol. The molecule has 7 aromatic carbocycles. The summed E-state index contributed by atoms with van der Waals surface area (Å²) >= 11 is 0. The Morgan fingerprint density at radius 2 is 0.978 bits per heavy atom. The molecule has 0 aliphatic rings. The van der Waals surface area contributed by atoms with Gasteiger partial charge in [0.05, 0.1) is 0 Å². The van der Waals surface area contributed by atoms with Gasteiger partial charge in [0.2, 0.25) is 0 Å². The molecule has 45 heavy (non-hydrogen) atoms. The van der Waals surface area contributed by atoms with Crippen LogP contribution >= 0.6 is 0 Å². The fourth-order valence-electron chi connectivity index (χ4n) is 6.31. The Labute approximate surface area is 259 Å². The Morgan fingerprint density at radius 3 is 1.87 bits per heavy atom. The smallest absolute Gasteiger partial charge is 0.164 e. The minimum absolute atomic E-state index is 0.610. The van der Waals surface area contributed by atoms with Gasteiger partial charge in [-0.2, -0.15) is 0 Å². The topological polar surface area (TPSA) is 51.8 Å². The van der Waals surface area contributed by atoms with Crippen molar-refractivity contribution in [3.05, 3.63) is 152 Å². The number of para-hydroxylation sites is 1. The van der Waals surface area contributed by atoms with E-state index in [1.807, 2.05) is 60.7 Å². The summed E-state index contributed by atoms with van der Waals surface area (Å²) in [6, 6.07) is 52.3. The zero-order valence-corrected chi connectivity index (χ0v) is 24.2. The molecule has 9 rings (SSSR count). The van der Waals surface area contributed by atoms with Crippen molar-refractivity contribution in [2.75, 3.05) is 0 Å². The van der Waals surface area contributed by atoms with Crippen LogP contribution in [0.3, 0.4) is 0 Å². The molecule has 0 unspecified atom stereocenters. The highest BCUT2D eigenvalue weighted by Crippen LogP contribution is 2.38. The quantitative estimate of drug-likeness (QED) is 0.209. The van der Waals surface area contributed by atoms with Gasteiger partial charge in [-0.25, -0.2) is 15.0 Å². The van der Waals surface area contributed by atoms with E-state index in [0.717, 1.165) is 55.0 Å². The molecule has 0 atom stereocenters. The van der Waals surface area contributed by atoms with E-state index in [-0.39, 0.29) is 0 Å². The van der Waals surface area contributed by atoms with Gasteiger partial charge in [0.25, 0.3) is 0 Å². The Morgan fingerprint density at radius 1 is 0.356 bits per heavy atom. The minimum Gasteiger partial charge on any atom is -0.456 e. The zero-order chi connectivity index (χ0) is 29.7. The molecule has 0 fully saturated rings. The SMILES string of the molecule is c1ccc(-c2nc(-c3cccc4ccc(-c5ccc6ccccc6c5)cc34)nc(-c3cccc4oc5ccccc5c34)n2)cc1. The highest BCUT2D eigenvalue weighted by Gasteiger charge is 2.18. The Hall–Kier alpha value is -6.13. The van der Waals surface area contributed by atoms with Crippen LogP contribution in [0.15, 0.2) is 156 Å². The molecule has 0 radical (unpaired) electrons. The van der Waals surface area contributed by atoms with E-state index in [4.69, 9.17) is 19.4 Å². The van der Waals surface area contributed by atoms with Gasteiger partial charge in [0.15, 0.2) is 17.5 Å².